The lowest BCUT2D eigenvalue weighted by Gasteiger charge is -2.11. The van der Waals surface area contributed by atoms with Crippen molar-refractivity contribution < 1.29 is 28.6 Å². The Hall–Kier alpha value is -2.62. The molecule has 3 rings (SSSR count). The van der Waals surface area contributed by atoms with E-state index in [4.69, 9.17) is 15.6 Å². The molecule has 7 nitrogen and oxygen atoms in total. The maximum atomic E-state index is 14.3. The number of nitrogens with one attached hydrogen (secondary N) is 1. The maximum Gasteiger partial charge on any atom is 0.320 e. The molecule has 2 aromatic carbocycles. The number of carbonyl (C=O) groups excluding carboxylic acids is 2. The van der Waals surface area contributed by atoms with E-state index in [0.29, 0.717) is 11.3 Å². The normalized spacial score (nSPS) is 16.7. The van der Waals surface area contributed by atoms with Gasteiger partial charge in [-0.25, -0.2) is 4.39 Å². The zero-order valence-corrected chi connectivity index (χ0v) is 16.6. The minimum absolute atomic E-state index is 0. The topological polar surface area (TPSA) is 119 Å². The number of carboxylic acids is 1. The second-order valence-corrected chi connectivity index (χ2v) is 7.42. The van der Waals surface area contributed by atoms with Crippen LogP contribution in [0.4, 0.5) is 9.18 Å². The van der Waals surface area contributed by atoms with Gasteiger partial charge >= 0.3 is 5.97 Å². The van der Waals surface area contributed by atoms with Gasteiger partial charge in [-0.15, -0.1) is 12.4 Å². The quantitative estimate of drug-likeness (QED) is 0.605. The van der Waals surface area contributed by atoms with Crippen molar-refractivity contribution in [3.05, 3.63) is 59.4 Å². The van der Waals surface area contributed by atoms with Crippen LogP contribution in [0.5, 0.6) is 11.5 Å². The average molecular weight is 441 g/mol. The number of hydrogen-bond donors (Lipinski definition) is 3. The standard InChI is InChI=1S/C19H17FN2O5S.ClH/c20-13-7-11(9-16-17(23)22-19(26)28-16)3-6-15(13)27-12-4-1-10(2-5-12)8-14(21)18(24)25;/h1-7,14,16H,8-9,21H2,(H,24,25)(H,22,23,26);1H/t14-,16?;/m0./s1. The molecule has 1 aliphatic rings. The summed E-state index contributed by atoms with van der Waals surface area (Å²) >= 11 is 0.889. The zero-order valence-electron chi connectivity index (χ0n) is 15.0. The molecule has 1 unspecified atom stereocenters. The predicted molar refractivity (Wildman–Crippen MR) is 108 cm³/mol. The second kappa shape index (κ2) is 9.73. The number of nitrogens with two attached hydrogens (primary N) is 1. The number of amides is 2. The monoisotopic (exact) mass is 440 g/mol. The van der Waals surface area contributed by atoms with Crippen molar-refractivity contribution in [3.8, 4) is 11.5 Å². The van der Waals surface area contributed by atoms with E-state index in [9.17, 15) is 18.8 Å². The Balaban J connectivity index is 0.00000300. The molecule has 154 valence electrons. The van der Waals surface area contributed by atoms with Crippen LogP contribution in [-0.2, 0) is 22.4 Å². The van der Waals surface area contributed by atoms with Gasteiger partial charge in [-0.1, -0.05) is 30.0 Å². The average Bonchev–Trinajstić information content (AvgIpc) is 2.96. The van der Waals surface area contributed by atoms with Crippen molar-refractivity contribution in [1.29, 1.82) is 0 Å². The molecule has 1 heterocycles. The van der Waals surface area contributed by atoms with Crippen LogP contribution in [0.1, 0.15) is 11.1 Å². The fraction of sp³-hybridized carbons (Fsp3) is 0.211. The van der Waals surface area contributed by atoms with Gasteiger partial charge in [0, 0.05) is 0 Å². The number of aliphatic carboxylic acids is 1. The largest absolute Gasteiger partial charge is 0.480 e. The SMILES string of the molecule is Cl.N[C@@H](Cc1ccc(Oc2ccc(CC3SC(=O)NC3=O)cc2F)cc1)C(=O)O. The number of carbonyl (C=O) groups is 3. The highest BCUT2D eigenvalue weighted by Crippen LogP contribution is 2.28. The summed E-state index contributed by atoms with van der Waals surface area (Å²) in [6.07, 6.45) is 0.409. The van der Waals surface area contributed by atoms with E-state index >= 15 is 0 Å². The van der Waals surface area contributed by atoms with E-state index in [2.05, 4.69) is 5.32 Å². The molecule has 1 saturated heterocycles. The third-order valence-corrected chi connectivity index (χ3v) is 5.09. The van der Waals surface area contributed by atoms with E-state index in [1.165, 1.54) is 12.1 Å². The molecule has 1 aliphatic heterocycles. The van der Waals surface area contributed by atoms with Crippen molar-refractivity contribution in [2.75, 3.05) is 0 Å². The van der Waals surface area contributed by atoms with Gasteiger partial charge in [-0.3, -0.25) is 19.7 Å². The first-order valence-corrected chi connectivity index (χ1v) is 9.25. The van der Waals surface area contributed by atoms with Crippen LogP contribution in [0.15, 0.2) is 42.5 Å². The van der Waals surface area contributed by atoms with Crippen LogP contribution in [0.2, 0.25) is 0 Å². The lowest BCUT2D eigenvalue weighted by atomic mass is 10.1. The fourth-order valence-corrected chi connectivity index (χ4v) is 3.52. The van der Waals surface area contributed by atoms with Gasteiger partial charge in [-0.05, 0) is 48.2 Å². The molecule has 29 heavy (non-hydrogen) atoms. The van der Waals surface area contributed by atoms with Crippen LogP contribution in [0, 0.1) is 5.82 Å². The van der Waals surface area contributed by atoms with Gasteiger partial charge in [0.05, 0.1) is 5.25 Å². The number of halogens is 2. The van der Waals surface area contributed by atoms with Gasteiger partial charge < -0.3 is 15.6 Å². The molecule has 0 spiro atoms. The second-order valence-electron chi connectivity index (χ2n) is 6.25. The first-order valence-electron chi connectivity index (χ1n) is 8.37. The Morgan fingerprint density at radius 1 is 1.21 bits per heavy atom. The molecule has 0 saturated carbocycles. The Morgan fingerprint density at radius 3 is 2.41 bits per heavy atom. The van der Waals surface area contributed by atoms with Crippen molar-refractivity contribution in [2.24, 2.45) is 5.73 Å². The Kier molecular flexibility index (Phi) is 7.60. The molecule has 4 N–H and O–H groups in total. The van der Waals surface area contributed by atoms with Crippen LogP contribution in [0.25, 0.3) is 0 Å². The van der Waals surface area contributed by atoms with Crippen molar-refractivity contribution >= 4 is 41.3 Å². The van der Waals surface area contributed by atoms with Gasteiger partial charge in [0.15, 0.2) is 11.6 Å². The van der Waals surface area contributed by atoms with Gasteiger partial charge in [-0.2, -0.15) is 0 Å². The summed E-state index contributed by atoms with van der Waals surface area (Å²) < 4.78 is 19.9. The van der Waals surface area contributed by atoms with E-state index in [1.807, 2.05) is 0 Å². The number of imide groups is 1. The molecule has 0 radical (unpaired) electrons. The molecule has 2 amide bonds. The zero-order chi connectivity index (χ0) is 20.3. The molecule has 0 aromatic heterocycles. The summed E-state index contributed by atoms with van der Waals surface area (Å²) in [6, 6.07) is 9.89. The summed E-state index contributed by atoms with van der Waals surface area (Å²) in [7, 11) is 0. The predicted octanol–water partition coefficient (Wildman–Crippen LogP) is 2.89. The molecule has 0 aliphatic carbocycles. The van der Waals surface area contributed by atoms with Crippen LogP contribution in [-0.4, -0.2) is 33.5 Å². The highest BCUT2D eigenvalue weighted by atomic mass is 35.5. The minimum Gasteiger partial charge on any atom is -0.480 e. The first-order chi connectivity index (χ1) is 13.3. The maximum absolute atomic E-state index is 14.3. The Bertz CT molecular complexity index is 925. The molecule has 2 aromatic rings. The third-order valence-electron chi connectivity index (χ3n) is 4.11. The molecule has 0 bridgehead atoms. The molecule has 10 heteroatoms. The summed E-state index contributed by atoms with van der Waals surface area (Å²) in [5.41, 5.74) is 6.79. The highest BCUT2D eigenvalue weighted by molar-refractivity contribution is 8.15. The van der Waals surface area contributed by atoms with E-state index in [1.54, 1.807) is 30.3 Å². The summed E-state index contributed by atoms with van der Waals surface area (Å²) in [5.74, 6) is -1.66. The summed E-state index contributed by atoms with van der Waals surface area (Å²) in [5, 5.41) is 10.1. The van der Waals surface area contributed by atoms with E-state index in [-0.39, 0.29) is 36.9 Å². The molecular weight excluding hydrogens is 423 g/mol. The molecule has 1 fully saturated rings. The smallest absolute Gasteiger partial charge is 0.320 e. The van der Waals surface area contributed by atoms with Crippen LogP contribution < -0.4 is 15.8 Å². The minimum atomic E-state index is -1.08. The number of hydrogen-bond acceptors (Lipinski definition) is 6. The number of rotatable bonds is 7. The fourth-order valence-electron chi connectivity index (χ4n) is 2.66. The van der Waals surface area contributed by atoms with Gasteiger partial charge in [0.2, 0.25) is 5.91 Å². The van der Waals surface area contributed by atoms with Crippen LogP contribution >= 0.6 is 24.2 Å². The van der Waals surface area contributed by atoms with Crippen molar-refractivity contribution in [1.82, 2.24) is 5.32 Å². The Morgan fingerprint density at radius 2 is 1.86 bits per heavy atom. The number of ether oxygens (including phenoxy) is 1. The number of thioether (sulfide) groups is 1. The lowest BCUT2D eigenvalue weighted by Crippen LogP contribution is -2.32. The summed E-state index contributed by atoms with van der Waals surface area (Å²) in [6.45, 7) is 0. The first kappa shape index (κ1) is 22.7. The Labute approximate surface area is 176 Å². The molecular formula is C19H18ClFN2O5S. The highest BCUT2D eigenvalue weighted by Gasteiger charge is 2.31. The number of carboxylic acid groups (broad SMARTS) is 1. The van der Waals surface area contributed by atoms with Gasteiger partial charge in [0.1, 0.15) is 11.8 Å². The van der Waals surface area contributed by atoms with Crippen LogP contribution in [0.3, 0.4) is 0 Å². The molecule has 2 atom stereocenters. The van der Waals surface area contributed by atoms with Gasteiger partial charge in [0.25, 0.3) is 5.24 Å². The van der Waals surface area contributed by atoms with Crippen molar-refractivity contribution in [3.63, 3.8) is 0 Å². The third kappa shape index (κ3) is 5.93. The number of benzene rings is 2. The van der Waals surface area contributed by atoms with Crippen molar-refractivity contribution in [2.45, 2.75) is 24.1 Å². The summed E-state index contributed by atoms with van der Waals surface area (Å²) in [4.78, 5) is 33.6. The van der Waals surface area contributed by atoms with E-state index < -0.39 is 28.3 Å². The lowest BCUT2D eigenvalue weighted by molar-refractivity contribution is -0.138. The van der Waals surface area contributed by atoms with E-state index in [0.717, 1.165) is 17.3 Å².